The van der Waals surface area contributed by atoms with Crippen LogP contribution in [0.15, 0.2) is 35.3 Å². The SMILES string of the molecule is CN=C(NC1C2CCCOC2C1(C)C)N1CCC(Oc2ccccc2)CC1.I. The van der Waals surface area contributed by atoms with Gasteiger partial charge in [-0.15, -0.1) is 24.0 Å². The van der Waals surface area contributed by atoms with Gasteiger partial charge in [-0.1, -0.05) is 32.0 Å². The lowest BCUT2D eigenvalue weighted by molar-refractivity contribution is -0.188. The molecule has 1 aromatic rings. The molecule has 0 aromatic heterocycles. The summed E-state index contributed by atoms with van der Waals surface area (Å²) in [5.74, 6) is 2.62. The number of benzene rings is 1. The highest BCUT2D eigenvalue weighted by molar-refractivity contribution is 14.0. The molecule has 6 heteroatoms. The van der Waals surface area contributed by atoms with Crippen LogP contribution in [0.1, 0.15) is 39.5 Å². The van der Waals surface area contributed by atoms with E-state index in [4.69, 9.17) is 9.47 Å². The Balaban J connectivity index is 0.00000225. The Morgan fingerprint density at radius 1 is 1.18 bits per heavy atom. The van der Waals surface area contributed by atoms with Gasteiger partial charge in [-0.05, 0) is 25.0 Å². The molecule has 0 bridgehead atoms. The molecule has 1 N–H and O–H groups in total. The number of nitrogens with one attached hydrogen (secondary N) is 1. The maximum atomic E-state index is 6.13. The average molecular weight is 499 g/mol. The molecule has 3 unspecified atom stereocenters. The first-order valence-electron chi connectivity index (χ1n) is 10.4. The summed E-state index contributed by atoms with van der Waals surface area (Å²) < 4.78 is 12.2. The number of guanidine groups is 1. The van der Waals surface area contributed by atoms with Gasteiger partial charge in [0.15, 0.2) is 5.96 Å². The Morgan fingerprint density at radius 2 is 1.89 bits per heavy atom. The van der Waals surface area contributed by atoms with Crippen molar-refractivity contribution in [3.8, 4) is 5.75 Å². The average Bonchev–Trinajstić information content (AvgIpc) is 2.70. The molecule has 3 fully saturated rings. The zero-order valence-electron chi connectivity index (χ0n) is 17.3. The van der Waals surface area contributed by atoms with Crippen LogP contribution in [0.3, 0.4) is 0 Å². The highest BCUT2D eigenvalue weighted by atomic mass is 127. The number of likely N-dealkylation sites (tertiary alicyclic amines) is 1. The van der Waals surface area contributed by atoms with Crippen molar-refractivity contribution in [2.24, 2.45) is 16.3 Å². The van der Waals surface area contributed by atoms with Gasteiger partial charge in [-0.25, -0.2) is 0 Å². The van der Waals surface area contributed by atoms with Crippen molar-refractivity contribution in [2.45, 2.75) is 57.8 Å². The summed E-state index contributed by atoms with van der Waals surface area (Å²) in [7, 11) is 1.90. The lowest BCUT2D eigenvalue weighted by Crippen LogP contribution is -2.71. The van der Waals surface area contributed by atoms with E-state index in [1.807, 2.05) is 37.4 Å². The molecule has 2 saturated heterocycles. The van der Waals surface area contributed by atoms with Crippen LogP contribution in [-0.4, -0.2) is 55.9 Å². The van der Waals surface area contributed by atoms with E-state index in [0.29, 0.717) is 18.1 Å². The van der Waals surface area contributed by atoms with E-state index in [9.17, 15) is 0 Å². The molecule has 4 rings (SSSR count). The summed E-state index contributed by atoms with van der Waals surface area (Å²) in [4.78, 5) is 6.98. The predicted octanol–water partition coefficient (Wildman–Crippen LogP) is 3.93. The third-order valence-electron chi connectivity index (χ3n) is 6.61. The molecular formula is C22H34IN3O2. The summed E-state index contributed by atoms with van der Waals surface area (Å²) in [5.41, 5.74) is 0.162. The minimum absolute atomic E-state index is 0. The predicted molar refractivity (Wildman–Crippen MR) is 124 cm³/mol. The number of hydrogen-bond donors (Lipinski definition) is 1. The van der Waals surface area contributed by atoms with Gasteiger partial charge in [0.05, 0.1) is 6.10 Å². The Bertz CT molecular complexity index is 659. The highest BCUT2D eigenvalue weighted by Gasteiger charge is 2.58. The number of piperidine rings is 1. The zero-order valence-corrected chi connectivity index (χ0v) is 19.6. The molecule has 2 aliphatic heterocycles. The maximum absolute atomic E-state index is 6.13. The zero-order chi connectivity index (χ0) is 18.9. The quantitative estimate of drug-likeness (QED) is 0.389. The van der Waals surface area contributed by atoms with Crippen molar-refractivity contribution in [3.63, 3.8) is 0 Å². The normalized spacial score (nSPS) is 29.9. The molecule has 3 aliphatic rings. The van der Waals surface area contributed by atoms with Crippen LogP contribution >= 0.6 is 24.0 Å². The molecule has 0 amide bonds. The van der Waals surface area contributed by atoms with Crippen molar-refractivity contribution >= 4 is 29.9 Å². The van der Waals surface area contributed by atoms with Crippen LogP contribution in [0.2, 0.25) is 0 Å². The first kappa shape index (κ1) is 21.7. The molecule has 0 spiro atoms. The van der Waals surface area contributed by atoms with Crippen LogP contribution in [0, 0.1) is 11.3 Å². The van der Waals surface area contributed by atoms with Crippen LogP contribution in [0.5, 0.6) is 5.75 Å². The third-order valence-corrected chi connectivity index (χ3v) is 6.61. The topological polar surface area (TPSA) is 46.1 Å². The lowest BCUT2D eigenvalue weighted by Gasteiger charge is -2.60. The fourth-order valence-corrected chi connectivity index (χ4v) is 5.13. The van der Waals surface area contributed by atoms with E-state index in [2.05, 4.69) is 29.1 Å². The summed E-state index contributed by atoms with van der Waals surface area (Å²) >= 11 is 0. The molecule has 1 aromatic carbocycles. The number of halogens is 1. The van der Waals surface area contributed by atoms with Crippen LogP contribution in [-0.2, 0) is 4.74 Å². The first-order valence-corrected chi connectivity index (χ1v) is 10.4. The molecule has 1 saturated carbocycles. The summed E-state index contributed by atoms with van der Waals surface area (Å²) in [5, 5.41) is 3.78. The number of aliphatic imine (C=N–C) groups is 1. The van der Waals surface area contributed by atoms with Gasteiger partial charge < -0.3 is 19.7 Å². The smallest absolute Gasteiger partial charge is 0.193 e. The molecule has 2 heterocycles. The molecule has 3 atom stereocenters. The molecule has 0 radical (unpaired) electrons. The summed E-state index contributed by atoms with van der Waals surface area (Å²) in [6, 6.07) is 10.6. The van der Waals surface area contributed by atoms with Crippen molar-refractivity contribution < 1.29 is 9.47 Å². The minimum Gasteiger partial charge on any atom is -0.490 e. The van der Waals surface area contributed by atoms with Crippen molar-refractivity contribution in [2.75, 3.05) is 26.7 Å². The number of rotatable bonds is 3. The second kappa shape index (κ2) is 9.20. The molecule has 28 heavy (non-hydrogen) atoms. The van der Waals surface area contributed by atoms with Crippen LogP contribution in [0.25, 0.3) is 0 Å². The number of hydrogen-bond acceptors (Lipinski definition) is 3. The van der Waals surface area contributed by atoms with Crippen LogP contribution in [0.4, 0.5) is 0 Å². The number of nitrogens with zero attached hydrogens (tertiary/aromatic N) is 2. The second-order valence-electron chi connectivity index (χ2n) is 8.71. The summed E-state index contributed by atoms with van der Waals surface area (Å²) in [6.45, 7) is 7.53. The van der Waals surface area contributed by atoms with Gasteiger partial charge in [0.25, 0.3) is 0 Å². The van der Waals surface area contributed by atoms with E-state index < -0.39 is 0 Å². The van der Waals surface area contributed by atoms with E-state index in [-0.39, 0.29) is 35.5 Å². The van der Waals surface area contributed by atoms with E-state index in [1.54, 1.807) is 0 Å². The fourth-order valence-electron chi connectivity index (χ4n) is 5.13. The van der Waals surface area contributed by atoms with Gasteiger partial charge in [0, 0.05) is 57.0 Å². The molecular weight excluding hydrogens is 465 g/mol. The monoisotopic (exact) mass is 499 g/mol. The fraction of sp³-hybridized carbons (Fsp3) is 0.682. The van der Waals surface area contributed by atoms with E-state index >= 15 is 0 Å². The Labute approximate surface area is 186 Å². The number of fused-ring (bicyclic) bond motifs is 1. The third kappa shape index (κ3) is 4.27. The second-order valence-corrected chi connectivity index (χ2v) is 8.71. The standard InChI is InChI=1S/C22H33N3O2.HI/c1-22(2)19(18-10-7-15-26-20(18)22)24-21(23-3)25-13-11-17(12-14-25)27-16-8-5-4-6-9-16;/h4-6,8-9,17-20H,7,10-15H2,1-3H3,(H,23,24);1H. The molecule has 156 valence electrons. The largest absolute Gasteiger partial charge is 0.490 e. The Morgan fingerprint density at radius 3 is 2.57 bits per heavy atom. The molecule has 1 aliphatic carbocycles. The van der Waals surface area contributed by atoms with Crippen molar-refractivity contribution in [1.82, 2.24) is 10.2 Å². The maximum Gasteiger partial charge on any atom is 0.193 e. The van der Waals surface area contributed by atoms with E-state index in [0.717, 1.165) is 44.2 Å². The Hall–Kier alpha value is -1.02. The van der Waals surface area contributed by atoms with Crippen molar-refractivity contribution in [3.05, 3.63) is 30.3 Å². The van der Waals surface area contributed by atoms with E-state index in [1.165, 1.54) is 12.8 Å². The van der Waals surface area contributed by atoms with Gasteiger partial charge in [0.1, 0.15) is 11.9 Å². The minimum atomic E-state index is 0. The first-order chi connectivity index (χ1) is 13.1. The van der Waals surface area contributed by atoms with Crippen LogP contribution < -0.4 is 10.1 Å². The Kier molecular flexibility index (Phi) is 7.12. The summed E-state index contributed by atoms with van der Waals surface area (Å²) in [6.07, 6.45) is 5.17. The molecule has 5 nitrogen and oxygen atoms in total. The number of ether oxygens (including phenoxy) is 2. The van der Waals surface area contributed by atoms with Gasteiger partial charge in [-0.3, -0.25) is 4.99 Å². The lowest BCUT2D eigenvalue weighted by atomic mass is 9.55. The highest BCUT2D eigenvalue weighted by Crippen LogP contribution is 2.51. The number of para-hydroxylation sites is 1. The van der Waals surface area contributed by atoms with Crippen molar-refractivity contribution in [1.29, 1.82) is 0 Å². The van der Waals surface area contributed by atoms with Gasteiger partial charge in [-0.2, -0.15) is 0 Å². The van der Waals surface area contributed by atoms with Gasteiger partial charge >= 0.3 is 0 Å². The van der Waals surface area contributed by atoms with Gasteiger partial charge in [0.2, 0.25) is 0 Å².